The van der Waals surface area contributed by atoms with Crippen LogP contribution in [0.4, 0.5) is 10.2 Å². The fraction of sp³-hybridized carbons (Fsp3) is 0.833. The standard InChI is InChI=1S/C18H34FN3OSi/c1-17(2,3)22-16(20)11-14(21-22)12-9-13(19)15(10-12)23-24(7,8)18(4,5)6/h11-13,15H,9-10,20H2,1-8H3/t12-,13+,15-/m0/s1. The average molecular weight is 356 g/mol. The van der Waals surface area contributed by atoms with E-state index in [0.29, 0.717) is 18.7 Å². The Labute approximate surface area is 147 Å². The summed E-state index contributed by atoms with van der Waals surface area (Å²) in [6.07, 6.45) is -0.0872. The number of hydrogen-bond donors (Lipinski definition) is 1. The van der Waals surface area contributed by atoms with Crippen LogP contribution in [0.25, 0.3) is 0 Å². The summed E-state index contributed by atoms with van der Waals surface area (Å²) in [4.78, 5) is 0. The Morgan fingerprint density at radius 1 is 1.21 bits per heavy atom. The zero-order valence-corrected chi connectivity index (χ0v) is 17.5. The number of nitrogen functional groups attached to an aromatic ring is 1. The van der Waals surface area contributed by atoms with Crippen LogP contribution >= 0.6 is 0 Å². The van der Waals surface area contributed by atoms with E-state index in [-0.39, 0.29) is 22.6 Å². The first-order valence-corrected chi connectivity index (χ1v) is 11.8. The number of nitrogens with zero attached hydrogens (tertiary/aromatic N) is 2. The molecule has 138 valence electrons. The molecule has 0 bridgehead atoms. The number of rotatable bonds is 3. The molecule has 2 N–H and O–H groups in total. The Balaban J connectivity index is 2.14. The predicted octanol–water partition coefficient (Wildman–Crippen LogP) is 4.83. The molecule has 6 heteroatoms. The second-order valence-electron chi connectivity index (χ2n) is 9.68. The minimum Gasteiger partial charge on any atom is -0.411 e. The van der Waals surface area contributed by atoms with Gasteiger partial charge in [-0.15, -0.1) is 0 Å². The topological polar surface area (TPSA) is 53.1 Å². The number of alkyl halides is 1. The van der Waals surface area contributed by atoms with Crippen LogP contribution in [0.5, 0.6) is 0 Å². The Morgan fingerprint density at radius 3 is 2.25 bits per heavy atom. The quantitative estimate of drug-likeness (QED) is 0.790. The van der Waals surface area contributed by atoms with Crippen molar-refractivity contribution in [3.8, 4) is 0 Å². The summed E-state index contributed by atoms with van der Waals surface area (Å²) in [5.74, 6) is 0.724. The molecule has 24 heavy (non-hydrogen) atoms. The van der Waals surface area contributed by atoms with E-state index in [1.54, 1.807) is 0 Å². The van der Waals surface area contributed by atoms with Crippen LogP contribution in [0.15, 0.2) is 6.07 Å². The highest BCUT2D eigenvalue weighted by atomic mass is 28.4. The maximum atomic E-state index is 14.6. The Kier molecular flexibility index (Phi) is 4.96. The van der Waals surface area contributed by atoms with Gasteiger partial charge in [-0.1, -0.05) is 20.8 Å². The van der Waals surface area contributed by atoms with Gasteiger partial charge in [0.25, 0.3) is 0 Å². The van der Waals surface area contributed by atoms with Crippen LogP contribution in [0.3, 0.4) is 0 Å². The minimum absolute atomic E-state index is 0.0840. The Morgan fingerprint density at radius 2 is 1.79 bits per heavy atom. The van der Waals surface area contributed by atoms with Crippen molar-refractivity contribution in [2.75, 3.05) is 5.73 Å². The lowest BCUT2D eigenvalue weighted by molar-refractivity contribution is 0.111. The highest BCUT2D eigenvalue weighted by Crippen LogP contribution is 2.43. The van der Waals surface area contributed by atoms with Crippen molar-refractivity contribution in [3.63, 3.8) is 0 Å². The molecule has 1 aliphatic rings. The summed E-state index contributed by atoms with van der Waals surface area (Å²) in [7, 11) is -1.97. The minimum atomic E-state index is -1.97. The first-order valence-electron chi connectivity index (χ1n) is 8.90. The summed E-state index contributed by atoms with van der Waals surface area (Å²) >= 11 is 0. The molecule has 0 radical (unpaired) electrons. The number of anilines is 1. The number of halogens is 1. The summed E-state index contributed by atoms with van der Waals surface area (Å²) < 4.78 is 22.8. The molecule has 0 unspecified atom stereocenters. The fourth-order valence-electron chi connectivity index (χ4n) is 3.02. The van der Waals surface area contributed by atoms with E-state index in [2.05, 4.69) is 59.7 Å². The monoisotopic (exact) mass is 355 g/mol. The van der Waals surface area contributed by atoms with Crippen molar-refractivity contribution in [1.29, 1.82) is 0 Å². The second-order valence-corrected chi connectivity index (χ2v) is 14.4. The molecule has 1 saturated carbocycles. The van der Waals surface area contributed by atoms with Gasteiger partial charge < -0.3 is 10.2 Å². The third-order valence-electron chi connectivity index (χ3n) is 5.49. The molecule has 1 aliphatic carbocycles. The van der Waals surface area contributed by atoms with Gasteiger partial charge in [-0.3, -0.25) is 0 Å². The number of nitrogens with two attached hydrogens (primary N) is 1. The molecule has 0 amide bonds. The third kappa shape index (κ3) is 3.85. The summed E-state index contributed by atoms with van der Waals surface area (Å²) in [6.45, 7) is 17.1. The van der Waals surface area contributed by atoms with Gasteiger partial charge in [0.2, 0.25) is 0 Å². The van der Waals surface area contributed by atoms with Crippen molar-refractivity contribution in [1.82, 2.24) is 9.78 Å². The van der Waals surface area contributed by atoms with Gasteiger partial charge in [0, 0.05) is 12.0 Å². The Hall–Kier alpha value is -0.883. The maximum absolute atomic E-state index is 14.6. The highest BCUT2D eigenvalue weighted by Gasteiger charge is 2.45. The van der Waals surface area contributed by atoms with Gasteiger partial charge in [-0.2, -0.15) is 5.10 Å². The fourth-order valence-corrected chi connectivity index (χ4v) is 4.37. The zero-order chi connectivity index (χ0) is 18.5. The lowest BCUT2D eigenvalue weighted by Crippen LogP contribution is -2.45. The molecule has 1 heterocycles. The second kappa shape index (κ2) is 6.13. The van der Waals surface area contributed by atoms with Crippen LogP contribution in [0, 0.1) is 0 Å². The summed E-state index contributed by atoms with van der Waals surface area (Å²) in [6, 6.07) is 1.90. The van der Waals surface area contributed by atoms with Crippen LogP contribution in [-0.2, 0) is 9.96 Å². The van der Waals surface area contributed by atoms with Gasteiger partial charge in [-0.25, -0.2) is 9.07 Å². The predicted molar refractivity (Wildman–Crippen MR) is 101 cm³/mol. The van der Waals surface area contributed by atoms with E-state index in [4.69, 9.17) is 10.2 Å². The molecule has 0 spiro atoms. The van der Waals surface area contributed by atoms with Crippen LogP contribution in [0.1, 0.15) is 66.0 Å². The molecule has 0 aromatic carbocycles. The van der Waals surface area contributed by atoms with Gasteiger partial charge >= 0.3 is 0 Å². The first kappa shape index (κ1) is 19.4. The molecular weight excluding hydrogens is 321 g/mol. The van der Waals surface area contributed by atoms with Crippen LogP contribution < -0.4 is 5.73 Å². The summed E-state index contributed by atoms with van der Waals surface area (Å²) in [5.41, 5.74) is 6.83. The zero-order valence-electron chi connectivity index (χ0n) is 16.5. The van der Waals surface area contributed by atoms with E-state index >= 15 is 0 Å². The third-order valence-corrected chi connectivity index (χ3v) is 10.00. The van der Waals surface area contributed by atoms with E-state index < -0.39 is 14.5 Å². The molecule has 1 fully saturated rings. The van der Waals surface area contributed by atoms with Gasteiger partial charge in [-0.05, 0) is 51.7 Å². The molecule has 4 nitrogen and oxygen atoms in total. The lowest BCUT2D eigenvalue weighted by atomic mass is 10.0. The average Bonchev–Trinajstić information content (AvgIpc) is 2.91. The number of hydrogen-bond acceptors (Lipinski definition) is 3. The van der Waals surface area contributed by atoms with E-state index in [0.717, 1.165) is 5.69 Å². The molecule has 2 rings (SSSR count). The summed E-state index contributed by atoms with van der Waals surface area (Å²) in [5, 5.41) is 4.74. The van der Waals surface area contributed by atoms with Crippen molar-refractivity contribution in [2.24, 2.45) is 0 Å². The molecular formula is C18H34FN3OSi. The molecule has 1 aromatic rings. The maximum Gasteiger partial charge on any atom is 0.192 e. The highest BCUT2D eigenvalue weighted by molar-refractivity contribution is 6.74. The number of aromatic nitrogens is 2. The smallest absolute Gasteiger partial charge is 0.192 e. The normalized spacial score (nSPS) is 26.1. The van der Waals surface area contributed by atoms with E-state index in [1.165, 1.54) is 0 Å². The molecule has 0 saturated heterocycles. The first-order chi connectivity index (χ1) is 10.7. The van der Waals surface area contributed by atoms with Crippen molar-refractivity contribution in [3.05, 3.63) is 11.8 Å². The van der Waals surface area contributed by atoms with E-state index in [1.807, 2.05) is 10.7 Å². The van der Waals surface area contributed by atoms with Crippen molar-refractivity contribution >= 4 is 14.1 Å². The van der Waals surface area contributed by atoms with E-state index in [9.17, 15) is 4.39 Å². The van der Waals surface area contributed by atoms with Gasteiger partial charge in [0.1, 0.15) is 12.0 Å². The lowest BCUT2D eigenvalue weighted by Gasteiger charge is -2.38. The SMILES string of the molecule is CC(C)(C)n1nc([C@H]2C[C@@H](F)[C@@H](O[Si](C)(C)C(C)(C)C)C2)cc1N. The molecule has 0 aliphatic heterocycles. The van der Waals surface area contributed by atoms with Crippen LogP contribution in [-0.4, -0.2) is 30.4 Å². The van der Waals surface area contributed by atoms with Crippen molar-refractivity contribution in [2.45, 2.75) is 96.2 Å². The van der Waals surface area contributed by atoms with Gasteiger partial charge in [0.05, 0.1) is 17.3 Å². The molecule has 1 aromatic heterocycles. The van der Waals surface area contributed by atoms with Gasteiger partial charge in [0.15, 0.2) is 8.32 Å². The van der Waals surface area contributed by atoms with Crippen LogP contribution in [0.2, 0.25) is 18.1 Å². The Bertz CT molecular complexity index is 586. The molecule has 3 atom stereocenters. The largest absolute Gasteiger partial charge is 0.411 e. The van der Waals surface area contributed by atoms with Crippen molar-refractivity contribution < 1.29 is 8.82 Å².